The van der Waals surface area contributed by atoms with Gasteiger partial charge in [-0.25, -0.2) is 0 Å². The number of benzene rings is 3. The molecule has 0 spiro atoms. The number of hydrogen-bond acceptors (Lipinski definition) is 3. The molecule has 3 aromatic carbocycles. The SMILES string of the molecule is CO/N=C(/c1ccccc1-c1cccc2ccccc12)N1CCNC(C)C1. The molecule has 0 aliphatic carbocycles. The molecular weight excluding hydrogens is 334 g/mol. The zero-order valence-electron chi connectivity index (χ0n) is 15.9. The maximum atomic E-state index is 5.25. The first-order chi connectivity index (χ1) is 13.3. The molecule has 1 saturated heterocycles. The van der Waals surface area contributed by atoms with Crippen LogP contribution >= 0.6 is 0 Å². The van der Waals surface area contributed by atoms with Crippen LogP contribution in [0.5, 0.6) is 0 Å². The van der Waals surface area contributed by atoms with Gasteiger partial charge in [-0.15, -0.1) is 0 Å². The molecule has 1 N–H and O–H groups in total. The number of nitrogens with zero attached hydrogens (tertiary/aromatic N) is 2. The van der Waals surface area contributed by atoms with Crippen molar-refractivity contribution in [2.75, 3.05) is 26.7 Å². The average molecular weight is 359 g/mol. The van der Waals surface area contributed by atoms with Crippen molar-refractivity contribution in [1.29, 1.82) is 0 Å². The zero-order valence-corrected chi connectivity index (χ0v) is 15.9. The molecule has 1 unspecified atom stereocenters. The Morgan fingerprint density at radius 1 is 1.00 bits per heavy atom. The summed E-state index contributed by atoms with van der Waals surface area (Å²) in [6.45, 7) is 4.97. The standard InChI is InChI=1S/C23H25N3O/c1-17-16-26(15-14-24-17)23(25-27-2)22-12-6-5-11-21(22)20-13-7-9-18-8-3-4-10-19(18)20/h3-13,17,24H,14-16H2,1-2H3/b25-23-. The molecule has 3 aromatic rings. The number of amidine groups is 1. The van der Waals surface area contributed by atoms with Gasteiger partial charge in [-0.05, 0) is 28.8 Å². The summed E-state index contributed by atoms with van der Waals surface area (Å²) in [5.41, 5.74) is 3.50. The highest BCUT2D eigenvalue weighted by Gasteiger charge is 2.23. The lowest BCUT2D eigenvalue weighted by Crippen LogP contribution is -2.51. The molecule has 138 valence electrons. The molecule has 1 fully saturated rings. The van der Waals surface area contributed by atoms with E-state index in [9.17, 15) is 0 Å². The molecule has 1 aliphatic rings. The lowest BCUT2D eigenvalue weighted by Gasteiger charge is -2.34. The Morgan fingerprint density at radius 3 is 2.59 bits per heavy atom. The highest BCUT2D eigenvalue weighted by atomic mass is 16.6. The minimum Gasteiger partial charge on any atom is -0.397 e. The largest absolute Gasteiger partial charge is 0.397 e. The highest BCUT2D eigenvalue weighted by molar-refractivity contribution is 6.08. The fourth-order valence-electron chi connectivity index (χ4n) is 3.86. The van der Waals surface area contributed by atoms with Crippen molar-refractivity contribution in [3.8, 4) is 11.1 Å². The van der Waals surface area contributed by atoms with Gasteiger partial charge >= 0.3 is 0 Å². The second-order valence-electron chi connectivity index (χ2n) is 6.97. The minimum absolute atomic E-state index is 0.422. The van der Waals surface area contributed by atoms with Gasteiger partial charge in [0.1, 0.15) is 7.11 Å². The van der Waals surface area contributed by atoms with E-state index in [1.807, 2.05) is 0 Å². The number of oxime groups is 1. The van der Waals surface area contributed by atoms with Gasteiger partial charge in [0.25, 0.3) is 0 Å². The third-order valence-electron chi connectivity index (χ3n) is 5.09. The van der Waals surface area contributed by atoms with Crippen LogP contribution in [0.4, 0.5) is 0 Å². The second kappa shape index (κ2) is 7.80. The van der Waals surface area contributed by atoms with E-state index in [1.54, 1.807) is 7.11 Å². The van der Waals surface area contributed by atoms with E-state index in [2.05, 4.69) is 89.0 Å². The molecular formula is C23H25N3O. The van der Waals surface area contributed by atoms with Crippen molar-refractivity contribution in [1.82, 2.24) is 10.2 Å². The summed E-state index contributed by atoms with van der Waals surface area (Å²) < 4.78 is 0. The smallest absolute Gasteiger partial charge is 0.176 e. The predicted octanol–water partition coefficient (Wildman–Crippen LogP) is 4.11. The Morgan fingerprint density at radius 2 is 1.74 bits per heavy atom. The first-order valence-electron chi connectivity index (χ1n) is 9.45. The van der Waals surface area contributed by atoms with Gasteiger partial charge in [-0.1, -0.05) is 71.9 Å². The average Bonchev–Trinajstić information content (AvgIpc) is 2.72. The molecule has 4 nitrogen and oxygen atoms in total. The fourth-order valence-corrected chi connectivity index (χ4v) is 3.86. The Labute approximate surface area is 160 Å². The van der Waals surface area contributed by atoms with E-state index in [1.165, 1.54) is 21.9 Å². The van der Waals surface area contributed by atoms with E-state index < -0.39 is 0 Å². The van der Waals surface area contributed by atoms with Gasteiger partial charge in [0, 0.05) is 31.2 Å². The quantitative estimate of drug-likeness (QED) is 0.434. The van der Waals surface area contributed by atoms with Gasteiger partial charge in [0.05, 0.1) is 0 Å². The van der Waals surface area contributed by atoms with E-state index in [4.69, 9.17) is 4.84 Å². The van der Waals surface area contributed by atoms with Crippen molar-refractivity contribution < 1.29 is 4.84 Å². The predicted molar refractivity (Wildman–Crippen MR) is 112 cm³/mol. The Bertz CT molecular complexity index is 961. The van der Waals surface area contributed by atoms with E-state index in [-0.39, 0.29) is 0 Å². The molecule has 4 heteroatoms. The maximum absolute atomic E-state index is 5.25. The van der Waals surface area contributed by atoms with Crippen LogP contribution < -0.4 is 5.32 Å². The third kappa shape index (κ3) is 3.53. The lowest BCUT2D eigenvalue weighted by atomic mass is 9.93. The molecule has 1 aliphatic heterocycles. The summed E-state index contributed by atoms with van der Waals surface area (Å²) in [5.74, 6) is 0.898. The molecule has 0 bridgehead atoms. The van der Waals surface area contributed by atoms with Crippen LogP contribution in [-0.4, -0.2) is 43.5 Å². The third-order valence-corrected chi connectivity index (χ3v) is 5.09. The minimum atomic E-state index is 0.422. The monoisotopic (exact) mass is 359 g/mol. The van der Waals surface area contributed by atoms with Crippen molar-refractivity contribution in [2.24, 2.45) is 5.16 Å². The maximum Gasteiger partial charge on any atom is 0.176 e. The number of piperazine rings is 1. The highest BCUT2D eigenvalue weighted by Crippen LogP contribution is 2.32. The van der Waals surface area contributed by atoms with Crippen LogP contribution in [0.2, 0.25) is 0 Å². The summed E-state index contributed by atoms with van der Waals surface area (Å²) in [4.78, 5) is 7.57. The Hall–Kier alpha value is -2.85. The fraction of sp³-hybridized carbons (Fsp3) is 0.261. The number of nitrogens with one attached hydrogen (secondary N) is 1. The van der Waals surface area contributed by atoms with Crippen LogP contribution in [0.1, 0.15) is 12.5 Å². The van der Waals surface area contributed by atoms with Gasteiger partial charge in [-0.2, -0.15) is 0 Å². The summed E-state index contributed by atoms with van der Waals surface area (Å²) in [6.07, 6.45) is 0. The van der Waals surface area contributed by atoms with Crippen molar-refractivity contribution >= 4 is 16.6 Å². The van der Waals surface area contributed by atoms with E-state index >= 15 is 0 Å². The number of fused-ring (bicyclic) bond motifs is 1. The molecule has 0 saturated carbocycles. The Kier molecular flexibility index (Phi) is 5.07. The first-order valence-corrected chi connectivity index (χ1v) is 9.45. The summed E-state index contributed by atoms with van der Waals surface area (Å²) in [7, 11) is 1.62. The van der Waals surface area contributed by atoms with Crippen molar-refractivity contribution in [2.45, 2.75) is 13.0 Å². The van der Waals surface area contributed by atoms with E-state index in [0.717, 1.165) is 31.0 Å². The first kappa shape index (κ1) is 17.6. The molecule has 1 atom stereocenters. The van der Waals surface area contributed by atoms with Crippen LogP contribution in [0, 0.1) is 0 Å². The second-order valence-corrected chi connectivity index (χ2v) is 6.97. The Balaban J connectivity index is 1.86. The van der Waals surface area contributed by atoms with Gasteiger partial charge < -0.3 is 15.1 Å². The summed E-state index contributed by atoms with van der Waals surface area (Å²) in [6, 6.07) is 23.9. The summed E-state index contributed by atoms with van der Waals surface area (Å²) in [5, 5.41) is 10.4. The number of rotatable bonds is 3. The van der Waals surface area contributed by atoms with Crippen LogP contribution in [-0.2, 0) is 4.84 Å². The number of hydrogen-bond donors (Lipinski definition) is 1. The van der Waals surface area contributed by atoms with Crippen molar-refractivity contribution in [3.63, 3.8) is 0 Å². The van der Waals surface area contributed by atoms with Crippen LogP contribution in [0.25, 0.3) is 21.9 Å². The molecule has 4 rings (SSSR count). The topological polar surface area (TPSA) is 36.9 Å². The van der Waals surface area contributed by atoms with E-state index in [0.29, 0.717) is 6.04 Å². The van der Waals surface area contributed by atoms with Crippen LogP contribution in [0.3, 0.4) is 0 Å². The lowest BCUT2D eigenvalue weighted by molar-refractivity contribution is 0.201. The molecule has 0 aromatic heterocycles. The van der Waals surface area contributed by atoms with Crippen molar-refractivity contribution in [3.05, 3.63) is 72.3 Å². The van der Waals surface area contributed by atoms with Gasteiger partial charge in [0.2, 0.25) is 0 Å². The molecule has 27 heavy (non-hydrogen) atoms. The molecule has 0 amide bonds. The molecule has 1 heterocycles. The van der Waals surface area contributed by atoms with Gasteiger partial charge in [0.15, 0.2) is 5.84 Å². The zero-order chi connectivity index (χ0) is 18.6. The molecule has 0 radical (unpaired) electrons. The normalized spacial score (nSPS) is 17.9. The van der Waals surface area contributed by atoms with Gasteiger partial charge in [-0.3, -0.25) is 0 Å². The van der Waals surface area contributed by atoms with Crippen LogP contribution in [0.15, 0.2) is 71.9 Å². The summed E-state index contributed by atoms with van der Waals surface area (Å²) >= 11 is 0.